The zero-order valence-corrected chi connectivity index (χ0v) is 13.9. The molecule has 8 heteroatoms. The molecule has 0 bridgehead atoms. The lowest BCUT2D eigenvalue weighted by molar-refractivity contribution is 0.0987. The lowest BCUT2D eigenvalue weighted by Crippen LogP contribution is -1.98. The highest BCUT2D eigenvalue weighted by Crippen LogP contribution is 2.43. The van der Waals surface area contributed by atoms with Crippen molar-refractivity contribution in [2.24, 2.45) is 10.2 Å². The number of hydrogen-bond donors (Lipinski definition) is 2. The van der Waals surface area contributed by atoms with Gasteiger partial charge in [0.2, 0.25) is 0 Å². The highest BCUT2D eigenvalue weighted by Gasteiger charge is 2.21. The zero-order valence-electron chi connectivity index (χ0n) is 13.9. The number of anilines is 1. The molecule has 2 aromatic carbocycles. The molecule has 0 radical (unpaired) electrons. The Hall–Kier alpha value is -4.07. The van der Waals surface area contributed by atoms with Crippen molar-refractivity contribution in [3.63, 3.8) is 0 Å². The maximum absolute atomic E-state index is 12.2. The Morgan fingerprint density at radius 3 is 2.67 bits per heavy atom. The monoisotopic (exact) mass is 356 g/mol. The number of para-hydroxylation sites is 2. The van der Waals surface area contributed by atoms with E-state index in [-0.39, 0.29) is 11.4 Å². The molecule has 8 nitrogen and oxygen atoms in total. The number of rotatable bonds is 2. The normalized spacial score (nSPS) is 11.9. The number of nitrogens with one attached hydrogen (secondary N) is 1. The minimum atomic E-state index is -0.673. The summed E-state index contributed by atoms with van der Waals surface area (Å²) in [7, 11) is 0. The van der Waals surface area contributed by atoms with Crippen molar-refractivity contribution in [3.05, 3.63) is 60.5 Å². The fourth-order valence-corrected chi connectivity index (χ4v) is 3.10. The molecule has 0 saturated heterocycles. The summed E-state index contributed by atoms with van der Waals surface area (Å²) in [6, 6.07) is 15.4. The van der Waals surface area contributed by atoms with E-state index in [0.29, 0.717) is 11.4 Å². The van der Waals surface area contributed by atoms with Crippen LogP contribution in [-0.4, -0.2) is 21.0 Å². The lowest BCUT2D eigenvalue weighted by Gasteiger charge is -2.04. The highest BCUT2D eigenvalue weighted by molar-refractivity contribution is 6.11. The minimum Gasteiger partial charge on any atom is -0.394 e. The number of benzene rings is 2. The molecule has 0 saturated carbocycles. The van der Waals surface area contributed by atoms with E-state index >= 15 is 0 Å². The van der Waals surface area contributed by atoms with Crippen molar-refractivity contribution in [1.82, 2.24) is 15.1 Å². The van der Waals surface area contributed by atoms with Gasteiger partial charge in [0.25, 0.3) is 0 Å². The summed E-state index contributed by atoms with van der Waals surface area (Å²) < 4.78 is 4.68. The van der Waals surface area contributed by atoms with Gasteiger partial charge in [-0.1, -0.05) is 41.6 Å². The molecule has 3 N–H and O–H groups in total. The molecule has 1 aliphatic carbocycles. The maximum atomic E-state index is 12.2. The standard InChI is InChI=1S/C19H12N6O2/c20-12-9-27-25-17(12)19(26)24-23-16-11-6-2-1-5-10(11)15-18(16)22-14-8-4-3-7-13(14)21-15/h1-9,22H,20H2. The molecular formula is C19H12N6O2. The quantitative estimate of drug-likeness (QED) is 0.456. The van der Waals surface area contributed by atoms with Crippen LogP contribution in [0.4, 0.5) is 11.4 Å². The van der Waals surface area contributed by atoms with E-state index in [2.05, 4.69) is 24.9 Å². The number of fused-ring (bicyclic) bond motifs is 4. The zero-order chi connectivity index (χ0) is 18.4. The third kappa shape index (κ3) is 2.35. The van der Waals surface area contributed by atoms with Crippen molar-refractivity contribution >= 4 is 39.1 Å². The van der Waals surface area contributed by atoms with E-state index < -0.39 is 5.91 Å². The third-order valence-corrected chi connectivity index (χ3v) is 4.35. The van der Waals surface area contributed by atoms with Crippen LogP contribution in [-0.2, 0) is 0 Å². The predicted molar refractivity (Wildman–Crippen MR) is 100.0 cm³/mol. The predicted octanol–water partition coefficient (Wildman–Crippen LogP) is 4.32. The second-order valence-electron chi connectivity index (χ2n) is 6.00. The van der Waals surface area contributed by atoms with Crippen LogP contribution in [0.5, 0.6) is 0 Å². The molecule has 5 rings (SSSR count). The van der Waals surface area contributed by atoms with Gasteiger partial charge in [0.05, 0.1) is 22.4 Å². The Morgan fingerprint density at radius 1 is 1.07 bits per heavy atom. The summed E-state index contributed by atoms with van der Waals surface area (Å²) in [5.74, 6) is -0.673. The number of amides is 1. The number of aromatic amines is 1. The van der Waals surface area contributed by atoms with Crippen LogP contribution in [0.15, 0.2) is 69.5 Å². The molecule has 0 atom stereocenters. The van der Waals surface area contributed by atoms with Crippen LogP contribution in [0.25, 0.3) is 33.2 Å². The highest BCUT2D eigenvalue weighted by atomic mass is 16.5. The molecule has 1 amide bonds. The average molecular weight is 356 g/mol. The average Bonchev–Trinajstić information content (AvgIpc) is 3.26. The second kappa shape index (κ2) is 5.73. The van der Waals surface area contributed by atoms with Crippen LogP contribution in [0.2, 0.25) is 0 Å². The second-order valence-corrected chi connectivity index (χ2v) is 6.00. The first-order valence-corrected chi connectivity index (χ1v) is 8.17. The van der Waals surface area contributed by atoms with Gasteiger partial charge in [0, 0.05) is 10.8 Å². The Balaban J connectivity index is 1.72. The van der Waals surface area contributed by atoms with E-state index in [0.717, 1.165) is 27.5 Å². The summed E-state index contributed by atoms with van der Waals surface area (Å²) in [6.07, 6.45) is 1.18. The van der Waals surface area contributed by atoms with Crippen LogP contribution >= 0.6 is 0 Å². The number of azo groups is 1. The summed E-state index contributed by atoms with van der Waals surface area (Å²) in [5.41, 5.74) is 9.42. The first kappa shape index (κ1) is 15.2. The molecule has 130 valence electrons. The summed E-state index contributed by atoms with van der Waals surface area (Å²) >= 11 is 0. The van der Waals surface area contributed by atoms with Crippen LogP contribution in [0.3, 0.4) is 0 Å². The van der Waals surface area contributed by atoms with Gasteiger partial charge >= 0.3 is 5.91 Å². The van der Waals surface area contributed by atoms with E-state index in [1.165, 1.54) is 6.26 Å². The maximum Gasteiger partial charge on any atom is 0.319 e. The van der Waals surface area contributed by atoms with E-state index in [1.807, 2.05) is 48.5 Å². The lowest BCUT2D eigenvalue weighted by atomic mass is 10.2. The van der Waals surface area contributed by atoms with Crippen molar-refractivity contribution in [3.8, 4) is 11.4 Å². The number of hydrogen-bond acceptors (Lipinski definition) is 6. The molecular weight excluding hydrogens is 344 g/mol. The smallest absolute Gasteiger partial charge is 0.319 e. The van der Waals surface area contributed by atoms with Crippen LogP contribution < -0.4 is 5.73 Å². The molecule has 0 fully saturated rings. The van der Waals surface area contributed by atoms with Gasteiger partial charge in [-0.25, -0.2) is 4.98 Å². The fourth-order valence-electron chi connectivity index (χ4n) is 3.10. The Bertz CT molecular complexity index is 1320. The number of carbonyl (C=O) groups excluding carboxylic acids is 1. The number of carbonyl (C=O) groups is 1. The largest absolute Gasteiger partial charge is 0.394 e. The number of nitrogen functional groups attached to an aromatic ring is 1. The van der Waals surface area contributed by atoms with Crippen molar-refractivity contribution in [2.75, 3.05) is 5.73 Å². The van der Waals surface area contributed by atoms with Gasteiger partial charge in [-0.05, 0) is 12.1 Å². The van der Waals surface area contributed by atoms with Gasteiger partial charge in [-0.2, -0.15) is 0 Å². The Labute approximate surface area is 152 Å². The molecule has 1 aromatic heterocycles. The number of aromatic nitrogens is 3. The van der Waals surface area contributed by atoms with Crippen LogP contribution in [0, 0.1) is 0 Å². The fraction of sp³-hybridized carbons (Fsp3) is 0. The van der Waals surface area contributed by atoms with E-state index in [4.69, 9.17) is 10.7 Å². The van der Waals surface area contributed by atoms with Crippen molar-refractivity contribution in [2.45, 2.75) is 0 Å². The van der Waals surface area contributed by atoms with Crippen molar-refractivity contribution in [1.29, 1.82) is 0 Å². The first-order valence-electron chi connectivity index (χ1n) is 8.17. The van der Waals surface area contributed by atoms with Gasteiger partial charge in [-0.15, -0.1) is 10.2 Å². The SMILES string of the molecule is Nc1conc1C(=O)N=Nc1c2[nH]c3ccccc3nc-2c2ccccc12. The summed E-state index contributed by atoms with van der Waals surface area (Å²) in [4.78, 5) is 20.3. The van der Waals surface area contributed by atoms with E-state index in [9.17, 15) is 4.79 Å². The first-order chi connectivity index (χ1) is 13.2. The number of nitrogens with zero attached hydrogens (tertiary/aromatic N) is 4. The third-order valence-electron chi connectivity index (χ3n) is 4.35. The number of H-pyrrole nitrogens is 1. The summed E-state index contributed by atoms with van der Waals surface area (Å²) in [5, 5.41) is 13.3. The Morgan fingerprint density at radius 2 is 1.85 bits per heavy atom. The van der Waals surface area contributed by atoms with Gasteiger partial charge in [0.1, 0.15) is 17.6 Å². The van der Waals surface area contributed by atoms with Crippen LogP contribution in [0.1, 0.15) is 10.5 Å². The molecule has 0 unspecified atom stereocenters. The van der Waals surface area contributed by atoms with Gasteiger partial charge in [0.15, 0.2) is 5.69 Å². The molecule has 0 spiro atoms. The molecule has 1 aliphatic heterocycles. The van der Waals surface area contributed by atoms with Crippen molar-refractivity contribution < 1.29 is 9.32 Å². The summed E-state index contributed by atoms with van der Waals surface area (Å²) in [6.45, 7) is 0. The molecule has 3 aromatic rings. The number of nitrogens with two attached hydrogens (primary N) is 1. The molecule has 27 heavy (non-hydrogen) atoms. The molecule has 2 aliphatic rings. The minimum absolute atomic E-state index is 0.0635. The molecule has 2 heterocycles. The topological polar surface area (TPSA) is 123 Å². The van der Waals surface area contributed by atoms with E-state index in [1.54, 1.807) is 0 Å². The Kier molecular flexibility index (Phi) is 3.23. The van der Waals surface area contributed by atoms with Gasteiger partial charge in [-0.3, -0.25) is 4.79 Å². The van der Waals surface area contributed by atoms with Gasteiger partial charge < -0.3 is 15.2 Å².